The van der Waals surface area contributed by atoms with Gasteiger partial charge in [0.15, 0.2) is 17.5 Å². The summed E-state index contributed by atoms with van der Waals surface area (Å²) in [6, 6.07) is 9.47. The van der Waals surface area contributed by atoms with Gasteiger partial charge in [-0.15, -0.1) is 0 Å². The zero-order valence-electron chi connectivity index (χ0n) is 12.9. The minimum atomic E-state index is -1.63. The number of carbonyl (C=O) groups excluding carboxylic acids is 1. The number of hydrogen-bond acceptors (Lipinski definition) is 1. The molecular formula is C18H15F3N2O. The van der Waals surface area contributed by atoms with Crippen LogP contribution in [0.3, 0.4) is 0 Å². The molecule has 0 saturated carbocycles. The van der Waals surface area contributed by atoms with Crippen molar-refractivity contribution in [1.29, 1.82) is 0 Å². The molecular weight excluding hydrogens is 317 g/mol. The molecule has 0 radical (unpaired) electrons. The topological polar surface area (TPSA) is 36.1 Å². The van der Waals surface area contributed by atoms with E-state index in [9.17, 15) is 18.0 Å². The highest BCUT2D eigenvalue weighted by atomic mass is 19.2. The fraction of sp³-hybridized carbons (Fsp3) is 0.167. The first-order valence-corrected chi connectivity index (χ1v) is 7.43. The highest BCUT2D eigenvalue weighted by molar-refractivity contribution is 5.94. The quantitative estimate of drug-likeness (QED) is 0.723. The number of likely N-dealkylation sites (N-methyl/N-ethyl adjacent to an activating group) is 1. The Balaban J connectivity index is 1.74. The van der Waals surface area contributed by atoms with Gasteiger partial charge >= 0.3 is 0 Å². The van der Waals surface area contributed by atoms with Gasteiger partial charge in [0.2, 0.25) is 0 Å². The summed E-state index contributed by atoms with van der Waals surface area (Å²) in [7, 11) is 1.50. The van der Waals surface area contributed by atoms with Crippen molar-refractivity contribution in [2.75, 3.05) is 13.6 Å². The summed E-state index contributed by atoms with van der Waals surface area (Å²) in [5.41, 5.74) is 1.54. The summed E-state index contributed by atoms with van der Waals surface area (Å²) in [5.74, 6) is -5.10. The number of aromatic nitrogens is 1. The summed E-state index contributed by atoms with van der Waals surface area (Å²) < 4.78 is 40.0. The number of H-pyrrole nitrogens is 1. The zero-order valence-corrected chi connectivity index (χ0v) is 12.9. The first kappa shape index (κ1) is 16.1. The van der Waals surface area contributed by atoms with E-state index in [1.165, 1.54) is 11.9 Å². The van der Waals surface area contributed by atoms with Crippen molar-refractivity contribution in [1.82, 2.24) is 9.88 Å². The average Bonchev–Trinajstić information content (AvgIpc) is 3.00. The molecule has 3 nitrogen and oxygen atoms in total. The Morgan fingerprint density at radius 3 is 2.62 bits per heavy atom. The first-order valence-electron chi connectivity index (χ1n) is 7.43. The van der Waals surface area contributed by atoms with Crippen LogP contribution < -0.4 is 0 Å². The van der Waals surface area contributed by atoms with Crippen molar-refractivity contribution in [2.24, 2.45) is 0 Å². The number of rotatable bonds is 4. The number of aromatic amines is 1. The molecule has 3 aromatic rings. The summed E-state index contributed by atoms with van der Waals surface area (Å²) in [4.78, 5) is 16.7. The van der Waals surface area contributed by atoms with E-state index in [0.717, 1.165) is 28.6 Å². The van der Waals surface area contributed by atoms with Crippen LogP contribution >= 0.6 is 0 Å². The second kappa shape index (κ2) is 6.39. The number of hydrogen-bond donors (Lipinski definition) is 1. The Morgan fingerprint density at radius 2 is 1.83 bits per heavy atom. The lowest BCUT2D eigenvalue weighted by Crippen LogP contribution is -2.29. The number of carbonyl (C=O) groups is 1. The molecule has 3 rings (SSSR count). The minimum Gasteiger partial charge on any atom is -0.361 e. The molecule has 6 heteroatoms. The molecule has 2 aromatic carbocycles. The average molecular weight is 332 g/mol. The molecule has 0 atom stereocenters. The lowest BCUT2D eigenvalue weighted by molar-refractivity contribution is 0.0790. The van der Waals surface area contributed by atoms with E-state index in [0.29, 0.717) is 13.0 Å². The van der Waals surface area contributed by atoms with Gasteiger partial charge in [0.1, 0.15) is 0 Å². The lowest BCUT2D eigenvalue weighted by Gasteiger charge is -2.17. The summed E-state index contributed by atoms with van der Waals surface area (Å²) >= 11 is 0. The number of nitrogens with zero attached hydrogens (tertiary/aromatic N) is 1. The van der Waals surface area contributed by atoms with E-state index in [2.05, 4.69) is 4.98 Å². The summed E-state index contributed by atoms with van der Waals surface area (Å²) in [6.45, 7) is 0.319. The van der Waals surface area contributed by atoms with Crippen LogP contribution in [-0.2, 0) is 6.42 Å². The van der Waals surface area contributed by atoms with Gasteiger partial charge in [-0.3, -0.25) is 4.79 Å². The van der Waals surface area contributed by atoms with E-state index >= 15 is 0 Å². The molecule has 0 spiro atoms. The van der Waals surface area contributed by atoms with Crippen molar-refractivity contribution in [3.05, 3.63) is 71.2 Å². The molecule has 1 amide bonds. The van der Waals surface area contributed by atoms with Crippen LogP contribution in [0.15, 0.2) is 42.6 Å². The molecule has 0 bridgehead atoms. The van der Waals surface area contributed by atoms with Crippen LogP contribution in [0.5, 0.6) is 0 Å². The normalized spacial score (nSPS) is 11.0. The van der Waals surface area contributed by atoms with Gasteiger partial charge in [0.25, 0.3) is 5.91 Å². The van der Waals surface area contributed by atoms with Gasteiger partial charge in [-0.25, -0.2) is 13.2 Å². The molecule has 0 aliphatic heterocycles. The van der Waals surface area contributed by atoms with Crippen LogP contribution in [0.2, 0.25) is 0 Å². The maximum absolute atomic E-state index is 13.7. The standard InChI is InChI=1S/C18H15F3N2O/c1-23(18(24)13-6-7-14(19)17(21)16(13)20)9-8-11-10-22-15-5-3-2-4-12(11)15/h2-7,10,22H,8-9H2,1H3. The van der Waals surface area contributed by atoms with E-state index in [1.54, 1.807) is 0 Å². The van der Waals surface area contributed by atoms with Crippen LogP contribution in [0.25, 0.3) is 10.9 Å². The summed E-state index contributed by atoms with van der Waals surface area (Å²) in [5, 5.41) is 1.05. The molecule has 124 valence electrons. The number of fused-ring (bicyclic) bond motifs is 1. The Morgan fingerprint density at radius 1 is 1.08 bits per heavy atom. The van der Waals surface area contributed by atoms with Crippen molar-refractivity contribution in [3.8, 4) is 0 Å². The Bertz CT molecular complexity index is 904. The third-order valence-electron chi connectivity index (χ3n) is 4.00. The van der Waals surface area contributed by atoms with Crippen LogP contribution in [-0.4, -0.2) is 29.4 Å². The van der Waals surface area contributed by atoms with Gasteiger partial charge in [0, 0.05) is 30.7 Å². The molecule has 0 aliphatic carbocycles. The van der Waals surface area contributed by atoms with E-state index in [4.69, 9.17) is 0 Å². The fourth-order valence-corrected chi connectivity index (χ4v) is 2.62. The first-order chi connectivity index (χ1) is 11.5. The number of nitrogens with one attached hydrogen (secondary N) is 1. The molecule has 1 aromatic heterocycles. The van der Waals surface area contributed by atoms with E-state index < -0.39 is 28.9 Å². The number of para-hydroxylation sites is 1. The van der Waals surface area contributed by atoms with Crippen molar-refractivity contribution in [3.63, 3.8) is 0 Å². The van der Waals surface area contributed by atoms with Crippen molar-refractivity contribution < 1.29 is 18.0 Å². The van der Waals surface area contributed by atoms with Crippen molar-refractivity contribution >= 4 is 16.8 Å². The van der Waals surface area contributed by atoms with Gasteiger partial charge in [-0.05, 0) is 30.2 Å². The van der Waals surface area contributed by atoms with Crippen molar-refractivity contribution in [2.45, 2.75) is 6.42 Å². The van der Waals surface area contributed by atoms with Gasteiger partial charge in [0.05, 0.1) is 5.56 Å². The van der Waals surface area contributed by atoms with Gasteiger partial charge in [-0.2, -0.15) is 0 Å². The van der Waals surface area contributed by atoms with E-state index in [1.807, 2.05) is 30.5 Å². The summed E-state index contributed by atoms with van der Waals surface area (Å²) in [6.07, 6.45) is 2.42. The maximum Gasteiger partial charge on any atom is 0.256 e. The van der Waals surface area contributed by atoms with Gasteiger partial charge in [-0.1, -0.05) is 18.2 Å². The monoisotopic (exact) mass is 332 g/mol. The minimum absolute atomic E-state index is 0.319. The molecule has 0 fully saturated rings. The van der Waals surface area contributed by atoms with Gasteiger partial charge < -0.3 is 9.88 Å². The predicted octanol–water partition coefficient (Wildman–Crippen LogP) is 3.90. The second-order valence-corrected chi connectivity index (χ2v) is 5.56. The number of benzene rings is 2. The number of halogens is 3. The lowest BCUT2D eigenvalue weighted by atomic mass is 10.1. The third kappa shape index (κ3) is 2.87. The molecule has 24 heavy (non-hydrogen) atoms. The maximum atomic E-state index is 13.7. The largest absolute Gasteiger partial charge is 0.361 e. The molecule has 1 N–H and O–H groups in total. The molecule has 0 aliphatic rings. The van der Waals surface area contributed by atoms with Crippen LogP contribution in [0.1, 0.15) is 15.9 Å². The highest BCUT2D eigenvalue weighted by Gasteiger charge is 2.21. The number of amides is 1. The fourth-order valence-electron chi connectivity index (χ4n) is 2.62. The Labute approximate surface area is 136 Å². The SMILES string of the molecule is CN(CCc1c[nH]c2ccccc12)C(=O)c1ccc(F)c(F)c1F. The highest BCUT2D eigenvalue weighted by Crippen LogP contribution is 2.19. The molecule has 0 saturated heterocycles. The third-order valence-corrected chi connectivity index (χ3v) is 4.00. The van der Waals surface area contributed by atoms with E-state index in [-0.39, 0.29) is 0 Å². The second-order valence-electron chi connectivity index (χ2n) is 5.56. The zero-order chi connectivity index (χ0) is 17.3. The molecule has 0 unspecified atom stereocenters. The smallest absolute Gasteiger partial charge is 0.256 e. The van der Waals surface area contributed by atoms with Crippen LogP contribution in [0.4, 0.5) is 13.2 Å². The Kier molecular flexibility index (Phi) is 4.29. The molecule has 1 heterocycles. The van der Waals surface area contributed by atoms with Crippen LogP contribution in [0, 0.1) is 17.5 Å². The Hall–Kier alpha value is -2.76. The predicted molar refractivity (Wildman–Crippen MR) is 85.3 cm³/mol.